The minimum atomic E-state index is -3.90. The average molecular weight is 172 g/mol. The zero-order chi connectivity index (χ0) is 7.91. The molecule has 0 aliphatic rings. The number of hydrogen-bond donors (Lipinski definition) is 1. The average Bonchev–Trinajstić information content (AvgIpc) is 1.67. The van der Waals surface area contributed by atoms with Gasteiger partial charge in [-0.15, -0.1) is 0 Å². The molecule has 0 unspecified atom stereocenters. The van der Waals surface area contributed by atoms with Crippen LogP contribution in [0.4, 0.5) is 0 Å². The van der Waals surface area contributed by atoms with E-state index in [0.717, 1.165) is 0 Å². The monoisotopic (exact) mass is 172 g/mol. The first-order valence-corrected chi connectivity index (χ1v) is 3.66. The van der Waals surface area contributed by atoms with E-state index < -0.39 is 21.7 Å². The van der Waals surface area contributed by atoms with Crippen molar-refractivity contribution >= 4 is 21.7 Å². The molecule has 0 aliphatic carbocycles. The molecule has 0 aromatic heterocycles. The van der Waals surface area contributed by atoms with Gasteiger partial charge in [-0.25, -0.2) is 0 Å². The third-order valence-corrected chi connectivity index (χ3v) is 0.632. The zero-order valence-corrected chi connectivity index (χ0v) is 5.81. The van der Waals surface area contributed by atoms with Crippen molar-refractivity contribution in [2.24, 2.45) is 0 Å². The van der Waals surface area contributed by atoms with Gasteiger partial charge in [-0.3, -0.25) is 4.55 Å². The molecule has 0 rings (SSSR count). The van der Waals surface area contributed by atoms with Crippen LogP contribution >= 0.6 is 0 Å². The largest absolute Gasteiger partial charge is 0.335 e. The van der Waals surface area contributed by atoms with Gasteiger partial charge in [-0.05, 0) is 0 Å². The molecule has 0 fully saturated rings. The van der Waals surface area contributed by atoms with Crippen LogP contribution in [0.3, 0.4) is 0 Å². The fourth-order valence-corrected chi connectivity index (χ4v) is 0. The third kappa shape index (κ3) is 36.6. The van der Waals surface area contributed by atoms with Crippen molar-refractivity contribution in [2.75, 3.05) is 0 Å². The molecule has 0 amide bonds. The Kier molecular flexibility index (Phi) is 7.03. The van der Waals surface area contributed by atoms with Gasteiger partial charge < -0.3 is 0 Å². The van der Waals surface area contributed by atoms with E-state index in [4.69, 9.17) is 13.0 Å². The van der Waals surface area contributed by atoms with Crippen LogP contribution in [-0.4, -0.2) is 21.4 Å². The Bertz CT molecular complexity index is 183. The van der Waals surface area contributed by atoms with E-state index >= 15 is 0 Å². The number of rotatable bonds is 1. The third-order valence-electron chi connectivity index (χ3n) is 0.211. The molecule has 7 heteroatoms. The van der Waals surface area contributed by atoms with Gasteiger partial charge in [-0.2, -0.15) is 16.8 Å². The fraction of sp³-hybridized carbons (Fsp3) is 0. The standard InChI is InChI=1S/C2H4O3S.O2S/c1-2-6(3,4)5;1-3-2/h2H,1H2,(H,3,4,5);. The van der Waals surface area contributed by atoms with Gasteiger partial charge >= 0.3 is 11.6 Å². The second-order valence-electron chi connectivity index (χ2n) is 0.750. The minimum Gasteiger partial charge on any atom is -0.282 e. The molecule has 0 saturated carbocycles. The maximum absolute atomic E-state index is 9.44. The molecule has 5 nitrogen and oxygen atoms in total. The Labute approximate surface area is 55.7 Å². The smallest absolute Gasteiger partial charge is 0.282 e. The highest BCUT2D eigenvalue weighted by Crippen LogP contribution is 1.75. The molecular formula is C2H4O5S2. The van der Waals surface area contributed by atoms with E-state index in [1.54, 1.807) is 0 Å². The Balaban J connectivity index is 0. The highest BCUT2D eigenvalue weighted by Gasteiger charge is 1.87. The zero-order valence-electron chi connectivity index (χ0n) is 4.18. The minimum absolute atomic E-state index is 0.465. The topological polar surface area (TPSA) is 88.5 Å². The predicted octanol–water partition coefficient (Wildman–Crippen LogP) is -0.652. The Morgan fingerprint density at radius 2 is 1.56 bits per heavy atom. The van der Waals surface area contributed by atoms with Crippen LogP contribution in [0.1, 0.15) is 0 Å². The summed E-state index contributed by atoms with van der Waals surface area (Å²) in [4.78, 5) is 0. The summed E-state index contributed by atoms with van der Waals surface area (Å²) in [6.07, 6.45) is 0. The highest BCUT2D eigenvalue weighted by molar-refractivity contribution is 7.88. The van der Waals surface area contributed by atoms with Crippen LogP contribution in [0.15, 0.2) is 12.0 Å². The molecule has 0 aromatic carbocycles. The van der Waals surface area contributed by atoms with E-state index in [1.165, 1.54) is 0 Å². The molecule has 1 N–H and O–H groups in total. The van der Waals surface area contributed by atoms with Gasteiger partial charge in [0.15, 0.2) is 0 Å². The van der Waals surface area contributed by atoms with Crippen molar-refractivity contribution in [1.29, 1.82) is 0 Å². The Hall–Kier alpha value is -0.530. The van der Waals surface area contributed by atoms with E-state index in [2.05, 4.69) is 6.58 Å². The highest BCUT2D eigenvalue weighted by atomic mass is 32.2. The van der Waals surface area contributed by atoms with Crippen molar-refractivity contribution in [3.63, 3.8) is 0 Å². The van der Waals surface area contributed by atoms with Gasteiger partial charge in [0.25, 0.3) is 10.1 Å². The van der Waals surface area contributed by atoms with Crippen LogP contribution in [0.2, 0.25) is 0 Å². The van der Waals surface area contributed by atoms with Crippen molar-refractivity contribution in [1.82, 2.24) is 0 Å². The summed E-state index contributed by atoms with van der Waals surface area (Å²) in [5.74, 6) is 0. The van der Waals surface area contributed by atoms with Gasteiger partial charge in [0.05, 0.1) is 5.41 Å². The van der Waals surface area contributed by atoms with Crippen LogP contribution in [-0.2, 0) is 21.7 Å². The summed E-state index contributed by atoms with van der Waals surface area (Å²) in [5.41, 5.74) is 0. The lowest BCUT2D eigenvalue weighted by atomic mass is 11.3. The first kappa shape index (κ1) is 11.3. The first-order chi connectivity index (χ1) is 3.97. The fourth-order valence-electron chi connectivity index (χ4n) is 0. The quantitative estimate of drug-likeness (QED) is 0.531. The normalized spacial score (nSPS) is 8.56. The summed E-state index contributed by atoms with van der Waals surface area (Å²) < 4.78 is 43.1. The molecule has 0 aliphatic heterocycles. The summed E-state index contributed by atoms with van der Waals surface area (Å²) >= 11 is -0.750. The second-order valence-corrected chi connectivity index (χ2v) is 2.25. The van der Waals surface area contributed by atoms with Crippen molar-refractivity contribution < 1.29 is 21.4 Å². The van der Waals surface area contributed by atoms with E-state index in [-0.39, 0.29) is 0 Å². The lowest BCUT2D eigenvalue weighted by Gasteiger charge is -1.73. The Morgan fingerprint density at radius 3 is 1.56 bits per heavy atom. The molecule has 0 aromatic rings. The van der Waals surface area contributed by atoms with Gasteiger partial charge in [0, 0.05) is 0 Å². The molecule has 54 valence electrons. The molecule has 0 bridgehead atoms. The van der Waals surface area contributed by atoms with Crippen molar-refractivity contribution in [3.8, 4) is 0 Å². The van der Waals surface area contributed by atoms with E-state index in [0.29, 0.717) is 5.41 Å². The van der Waals surface area contributed by atoms with Crippen LogP contribution in [0, 0.1) is 0 Å². The van der Waals surface area contributed by atoms with Crippen LogP contribution in [0.25, 0.3) is 0 Å². The summed E-state index contributed by atoms with van der Waals surface area (Å²) in [6, 6.07) is 0. The van der Waals surface area contributed by atoms with Gasteiger partial charge in [0.1, 0.15) is 0 Å². The number of hydrogen-bond acceptors (Lipinski definition) is 4. The molecule has 0 radical (unpaired) electrons. The second kappa shape index (κ2) is 5.60. The lowest BCUT2D eigenvalue weighted by molar-refractivity contribution is 0.494. The molecule has 0 spiro atoms. The molecule has 9 heavy (non-hydrogen) atoms. The van der Waals surface area contributed by atoms with Crippen molar-refractivity contribution in [2.45, 2.75) is 0 Å². The molecule has 0 atom stereocenters. The lowest BCUT2D eigenvalue weighted by Crippen LogP contribution is -1.86. The summed E-state index contributed by atoms with van der Waals surface area (Å²) in [5, 5.41) is 0.465. The summed E-state index contributed by atoms with van der Waals surface area (Å²) in [6.45, 7) is 2.79. The molecular weight excluding hydrogens is 168 g/mol. The molecule has 0 saturated heterocycles. The maximum atomic E-state index is 9.44. The van der Waals surface area contributed by atoms with E-state index in [9.17, 15) is 8.42 Å². The SMILES string of the molecule is C=CS(=O)(=O)O.O=S=O. The van der Waals surface area contributed by atoms with Gasteiger partial charge in [0.2, 0.25) is 0 Å². The van der Waals surface area contributed by atoms with Crippen LogP contribution < -0.4 is 0 Å². The van der Waals surface area contributed by atoms with Crippen molar-refractivity contribution in [3.05, 3.63) is 12.0 Å². The first-order valence-electron chi connectivity index (χ1n) is 1.49. The van der Waals surface area contributed by atoms with E-state index in [1.807, 2.05) is 0 Å². The van der Waals surface area contributed by atoms with Gasteiger partial charge in [-0.1, -0.05) is 6.58 Å². The summed E-state index contributed by atoms with van der Waals surface area (Å²) in [7, 11) is -3.90. The maximum Gasteiger partial charge on any atom is 0.335 e. The predicted molar refractivity (Wildman–Crippen MR) is 30.7 cm³/mol. The van der Waals surface area contributed by atoms with Crippen LogP contribution in [0.5, 0.6) is 0 Å². The molecule has 0 heterocycles. The Morgan fingerprint density at radius 1 is 1.44 bits per heavy atom.